The Morgan fingerprint density at radius 1 is 1.50 bits per heavy atom. The van der Waals surface area contributed by atoms with Crippen molar-refractivity contribution in [1.82, 2.24) is 5.32 Å². The van der Waals surface area contributed by atoms with Gasteiger partial charge in [-0.15, -0.1) is 0 Å². The van der Waals surface area contributed by atoms with E-state index in [0.717, 1.165) is 37.9 Å². The maximum atomic E-state index is 11.8. The third kappa shape index (κ3) is 2.35. The molecule has 1 amide bonds. The first kappa shape index (κ1) is 11.0. The highest BCUT2D eigenvalue weighted by Crippen LogP contribution is 2.22. The molecule has 0 saturated carbocycles. The van der Waals surface area contributed by atoms with Crippen LogP contribution in [0, 0.1) is 0 Å². The number of rotatable bonds is 3. The summed E-state index contributed by atoms with van der Waals surface area (Å²) in [6.07, 6.45) is 3.18. The Labute approximate surface area is 96.2 Å². The van der Waals surface area contributed by atoms with E-state index in [4.69, 9.17) is 0 Å². The van der Waals surface area contributed by atoms with Crippen LogP contribution >= 0.6 is 0 Å². The second-order valence-corrected chi connectivity index (χ2v) is 4.16. The first-order chi connectivity index (χ1) is 7.81. The quantitative estimate of drug-likeness (QED) is 0.816. The van der Waals surface area contributed by atoms with Gasteiger partial charge in [-0.3, -0.25) is 4.79 Å². The fourth-order valence-electron chi connectivity index (χ4n) is 1.96. The summed E-state index contributed by atoms with van der Waals surface area (Å²) >= 11 is 0. The molecule has 0 unspecified atom stereocenters. The zero-order valence-corrected chi connectivity index (χ0v) is 9.68. The third-order valence-corrected chi connectivity index (χ3v) is 2.84. The highest BCUT2D eigenvalue weighted by Gasteiger charge is 2.11. The Bertz CT molecular complexity index is 388. The normalized spacial score (nSPS) is 13.8. The van der Waals surface area contributed by atoms with Crippen LogP contribution in [0.15, 0.2) is 18.2 Å². The molecule has 0 aliphatic carbocycles. The monoisotopic (exact) mass is 218 g/mol. The molecule has 0 spiro atoms. The molecule has 0 bridgehead atoms. The SMILES string of the molecule is CCCNC(=O)c1ccc2c(c1)CCCN2. The van der Waals surface area contributed by atoms with Crippen LogP contribution in [0.5, 0.6) is 0 Å². The van der Waals surface area contributed by atoms with E-state index >= 15 is 0 Å². The van der Waals surface area contributed by atoms with Gasteiger partial charge in [-0.2, -0.15) is 0 Å². The summed E-state index contributed by atoms with van der Waals surface area (Å²) in [5, 5.41) is 6.24. The van der Waals surface area contributed by atoms with E-state index in [-0.39, 0.29) is 5.91 Å². The summed E-state index contributed by atoms with van der Waals surface area (Å²) < 4.78 is 0. The Hall–Kier alpha value is -1.51. The number of fused-ring (bicyclic) bond motifs is 1. The van der Waals surface area contributed by atoms with E-state index in [9.17, 15) is 4.79 Å². The van der Waals surface area contributed by atoms with Crippen LogP contribution in [0.25, 0.3) is 0 Å². The highest BCUT2D eigenvalue weighted by molar-refractivity contribution is 5.94. The molecule has 1 aromatic carbocycles. The Balaban J connectivity index is 2.13. The van der Waals surface area contributed by atoms with Crippen molar-refractivity contribution in [3.05, 3.63) is 29.3 Å². The molecular weight excluding hydrogens is 200 g/mol. The van der Waals surface area contributed by atoms with Gasteiger partial charge in [0.2, 0.25) is 0 Å². The summed E-state index contributed by atoms with van der Waals surface area (Å²) in [6.45, 7) is 3.83. The van der Waals surface area contributed by atoms with Gasteiger partial charge in [0.05, 0.1) is 0 Å². The molecule has 86 valence electrons. The van der Waals surface area contributed by atoms with Crippen molar-refractivity contribution in [2.45, 2.75) is 26.2 Å². The number of anilines is 1. The van der Waals surface area contributed by atoms with Crippen molar-refractivity contribution in [3.63, 3.8) is 0 Å². The van der Waals surface area contributed by atoms with Gasteiger partial charge in [-0.05, 0) is 43.0 Å². The van der Waals surface area contributed by atoms with Crippen molar-refractivity contribution in [3.8, 4) is 0 Å². The van der Waals surface area contributed by atoms with Gasteiger partial charge in [0.1, 0.15) is 0 Å². The summed E-state index contributed by atoms with van der Waals surface area (Å²) in [7, 11) is 0. The van der Waals surface area contributed by atoms with Gasteiger partial charge in [-0.1, -0.05) is 6.92 Å². The van der Waals surface area contributed by atoms with Crippen LogP contribution < -0.4 is 10.6 Å². The molecule has 0 saturated heterocycles. The molecule has 0 atom stereocenters. The molecule has 1 heterocycles. The summed E-state index contributed by atoms with van der Waals surface area (Å²) in [4.78, 5) is 11.8. The van der Waals surface area contributed by atoms with Crippen LogP contribution in [-0.4, -0.2) is 19.0 Å². The zero-order chi connectivity index (χ0) is 11.4. The molecule has 1 aliphatic heterocycles. The summed E-state index contributed by atoms with van der Waals surface area (Å²) in [6, 6.07) is 5.91. The molecule has 0 aromatic heterocycles. The second-order valence-electron chi connectivity index (χ2n) is 4.16. The number of benzene rings is 1. The van der Waals surface area contributed by atoms with Crippen LogP contribution in [0.2, 0.25) is 0 Å². The minimum absolute atomic E-state index is 0.0372. The van der Waals surface area contributed by atoms with Gasteiger partial charge in [0, 0.05) is 24.3 Å². The molecule has 1 aliphatic rings. The number of hydrogen-bond acceptors (Lipinski definition) is 2. The lowest BCUT2D eigenvalue weighted by Gasteiger charge is -2.18. The molecule has 3 nitrogen and oxygen atoms in total. The molecular formula is C13H18N2O. The molecule has 0 radical (unpaired) electrons. The molecule has 1 aromatic rings. The number of aryl methyl sites for hydroxylation is 1. The van der Waals surface area contributed by atoms with Crippen molar-refractivity contribution in [2.75, 3.05) is 18.4 Å². The number of carbonyl (C=O) groups excluding carboxylic acids is 1. The fourth-order valence-corrected chi connectivity index (χ4v) is 1.96. The smallest absolute Gasteiger partial charge is 0.251 e. The van der Waals surface area contributed by atoms with Gasteiger partial charge in [0.15, 0.2) is 0 Å². The van der Waals surface area contributed by atoms with Crippen molar-refractivity contribution >= 4 is 11.6 Å². The van der Waals surface area contributed by atoms with E-state index in [1.165, 1.54) is 11.3 Å². The predicted molar refractivity (Wildman–Crippen MR) is 65.9 cm³/mol. The first-order valence-corrected chi connectivity index (χ1v) is 5.96. The van der Waals surface area contributed by atoms with E-state index in [0.29, 0.717) is 0 Å². The zero-order valence-electron chi connectivity index (χ0n) is 9.68. The van der Waals surface area contributed by atoms with Crippen molar-refractivity contribution in [1.29, 1.82) is 0 Å². The van der Waals surface area contributed by atoms with E-state index in [1.54, 1.807) is 0 Å². The topological polar surface area (TPSA) is 41.1 Å². The number of carbonyl (C=O) groups is 1. The Kier molecular flexibility index (Phi) is 3.44. The van der Waals surface area contributed by atoms with Gasteiger partial charge in [0.25, 0.3) is 5.91 Å². The number of nitrogens with one attached hydrogen (secondary N) is 2. The largest absolute Gasteiger partial charge is 0.385 e. The lowest BCUT2D eigenvalue weighted by molar-refractivity contribution is 0.0953. The number of amides is 1. The molecule has 0 fully saturated rings. The first-order valence-electron chi connectivity index (χ1n) is 5.96. The summed E-state index contributed by atoms with van der Waals surface area (Å²) in [5.41, 5.74) is 3.21. The maximum absolute atomic E-state index is 11.8. The van der Waals surface area contributed by atoms with E-state index in [2.05, 4.69) is 17.6 Å². The lowest BCUT2D eigenvalue weighted by atomic mass is 10.0. The molecule has 3 heteroatoms. The fraction of sp³-hybridized carbons (Fsp3) is 0.462. The van der Waals surface area contributed by atoms with Crippen LogP contribution in [0.4, 0.5) is 5.69 Å². The Morgan fingerprint density at radius 3 is 3.19 bits per heavy atom. The van der Waals surface area contributed by atoms with Crippen molar-refractivity contribution < 1.29 is 4.79 Å². The minimum atomic E-state index is 0.0372. The molecule has 2 rings (SSSR count). The maximum Gasteiger partial charge on any atom is 0.251 e. The average Bonchev–Trinajstić information content (AvgIpc) is 2.35. The van der Waals surface area contributed by atoms with E-state index in [1.807, 2.05) is 18.2 Å². The predicted octanol–water partition coefficient (Wildman–Crippen LogP) is 2.18. The minimum Gasteiger partial charge on any atom is -0.385 e. The standard InChI is InChI=1S/C13H18N2O/c1-2-7-15-13(16)11-5-6-12-10(9-11)4-3-8-14-12/h5-6,9,14H,2-4,7-8H2,1H3,(H,15,16). The third-order valence-electron chi connectivity index (χ3n) is 2.84. The Morgan fingerprint density at radius 2 is 2.38 bits per heavy atom. The van der Waals surface area contributed by atoms with Gasteiger partial charge in [-0.25, -0.2) is 0 Å². The van der Waals surface area contributed by atoms with Crippen LogP contribution in [-0.2, 0) is 6.42 Å². The van der Waals surface area contributed by atoms with E-state index < -0.39 is 0 Å². The number of hydrogen-bond donors (Lipinski definition) is 2. The highest BCUT2D eigenvalue weighted by atomic mass is 16.1. The van der Waals surface area contributed by atoms with Crippen LogP contribution in [0.3, 0.4) is 0 Å². The van der Waals surface area contributed by atoms with Crippen molar-refractivity contribution in [2.24, 2.45) is 0 Å². The molecule has 2 N–H and O–H groups in total. The summed E-state index contributed by atoms with van der Waals surface area (Å²) in [5.74, 6) is 0.0372. The van der Waals surface area contributed by atoms with Gasteiger partial charge >= 0.3 is 0 Å². The molecule has 16 heavy (non-hydrogen) atoms. The second kappa shape index (κ2) is 5.01. The van der Waals surface area contributed by atoms with Crippen LogP contribution in [0.1, 0.15) is 35.7 Å². The lowest BCUT2D eigenvalue weighted by Crippen LogP contribution is -2.24. The van der Waals surface area contributed by atoms with Gasteiger partial charge < -0.3 is 10.6 Å². The average molecular weight is 218 g/mol.